The lowest BCUT2D eigenvalue weighted by Gasteiger charge is -2.12. The number of nitrogen functional groups attached to an aromatic ring is 1. The van der Waals surface area contributed by atoms with Gasteiger partial charge in [0.2, 0.25) is 0 Å². The van der Waals surface area contributed by atoms with Crippen LogP contribution in [-0.2, 0) is 6.18 Å². The lowest BCUT2D eigenvalue weighted by Crippen LogP contribution is -2.25. The van der Waals surface area contributed by atoms with E-state index in [1.54, 1.807) is 36.4 Å². The van der Waals surface area contributed by atoms with E-state index in [-0.39, 0.29) is 35.6 Å². The average Bonchev–Trinajstić information content (AvgIpc) is 3.21. The van der Waals surface area contributed by atoms with Crippen molar-refractivity contribution >= 4 is 28.8 Å². The van der Waals surface area contributed by atoms with Crippen molar-refractivity contribution in [1.82, 2.24) is 19.9 Å². The van der Waals surface area contributed by atoms with E-state index in [9.17, 15) is 23.1 Å². The van der Waals surface area contributed by atoms with Gasteiger partial charge < -0.3 is 16.2 Å². The first-order valence-electron chi connectivity index (χ1n) is 10.2. The summed E-state index contributed by atoms with van der Waals surface area (Å²) in [5.74, 6) is -0.738. The molecule has 4 aromatic rings. The van der Waals surface area contributed by atoms with Crippen molar-refractivity contribution in [3.63, 3.8) is 0 Å². The molecule has 0 fully saturated rings. The molecule has 176 valence electrons. The highest BCUT2D eigenvalue weighted by Gasteiger charge is 2.36. The largest absolute Gasteiger partial charge is 0.418 e. The number of nitrogens with two attached hydrogens (primary N) is 1. The number of hydrogen-bond acceptors (Lipinski definition) is 5. The number of aromatic nitrogens is 3. The van der Waals surface area contributed by atoms with Gasteiger partial charge in [0, 0.05) is 22.7 Å². The van der Waals surface area contributed by atoms with Crippen molar-refractivity contribution in [2.24, 2.45) is 0 Å². The molecule has 0 aliphatic carbocycles. The topological polar surface area (TPSA) is 106 Å². The molecule has 4 N–H and O–H groups in total. The van der Waals surface area contributed by atoms with Crippen LogP contribution < -0.4 is 11.1 Å². The predicted octanol–water partition coefficient (Wildman–Crippen LogP) is 4.50. The number of nitrogens with zero attached hydrogens (tertiary/aromatic N) is 3. The second kappa shape index (κ2) is 9.32. The highest BCUT2D eigenvalue weighted by atomic mass is 35.5. The van der Waals surface area contributed by atoms with Gasteiger partial charge in [-0.1, -0.05) is 35.9 Å². The molecule has 34 heavy (non-hydrogen) atoms. The van der Waals surface area contributed by atoms with Crippen LogP contribution in [0.15, 0.2) is 60.9 Å². The van der Waals surface area contributed by atoms with Crippen LogP contribution in [0.1, 0.15) is 34.0 Å². The van der Waals surface area contributed by atoms with Gasteiger partial charge in [-0.25, -0.2) is 9.50 Å². The number of hydrogen-bond donors (Lipinski definition) is 3. The summed E-state index contributed by atoms with van der Waals surface area (Å²) < 4.78 is 41.8. The number of aliphatic hydroxyl groups excluding tert-OH is 1. The molecular weight excluding hydrogens is 471 g/mol. The summed E-state index contributed by atoms with van der Waals surface area (Å²) in [6.07, 6.45) is -4.12. The Kier molecular flexibility index (Phi) is 6.45. The third kappa shape index (κ3) is 4.82. The average molecular weight is 490 g/mol. The maximum absolute atomic E-state index is 13.6. The highest BCUT2D eigenvalue weighted by Crippen LogP contribution is 2.38. The van der Waals surface area contributed by atoms with Crippen LogP contribution >= 0.6 is 11.6 Å². The minimum absolute atomic E-state index is 0.115. The van der Waals surface area contributed by atoms with Crippen LogP contribution in [0.4, 0.5) is 19.0 Å². The van der Waals surface area contributed by atoms with E-state index in [1.807, 2.05) is 0 Å². The van der Waals surface area contributed by atoms with E-state index >= 15 is 0 Å². The summed E-state index contributed by atoms with van der Waals surface area (Å²) in [6, 6.07) is 13.8. The number of nitrogens with one attached hydrogen (secondary N) is 1. The fourth-order valence-corrected chi connectivity index (χ4v) is 3.71. The first kappa shape index (κ1) is 23.5. The van der Waals surface area contributed by atoms with E-state index < -0.39 is 23.8 Å². The van der Waals surface area contributed by atoms with E-state index in [2.05, 4.69) is 15.4 Å². The summed E-state index contributed by atoms with van der Waals surface area (Å²) >= 11 is 5.84. The fourth-order valence-electron chi connectivity index (χ4n) is 3.59. The van der Waals surface area contributed by atoms with Gasteiger partial charge in [0.15, 0.2) is 5.82 Å². The molecule has 2 aromatic carbocycles. The van der Waals surface area contributed by atoms with Crippen molar-refractivity contribution in [3.8, 4) is 11.3 Å². The van der Waals surface area contributed by atoms with Gasteiger partial charge in [-0.3, -0.25) is 4.79 Å². The normalized spacial score (nSPS) is 12.6. The van der Waals surface area contributed by atoms with Crippen molar-refractivity contribution in [2.75, 3.05) is 12.3 Å². The summed E-state index contributed by atoms with van der Waals surface area (Å²) in [7, 11) is 0. The monoisotopic (exact) mass is 489 g/mol. The third-order valence-corrected chi connectivity index (χ3v) is 5.52. The predicted molar refractivity (Wildman–Crippen MR) is 121 cm³/mol. The van der Waals surface area contributed by atoms with E-state index in [0.717, 1.165) is 16.9 Å². The second-order valence-corrected chi connectivity index (χ2v) is 7.98. The molecule has 0 aliphatic heterocycles. The van der Waals surface area contributed by atoms with E-state index in [1.165, 1.54) is 12.1 Å². The molecule has 0 aliphatic rings. The molecule has 0 radical (unpaired) electrons. The summed E-state index contributed by atoms with van der Waals surface area (Å²) in [4.78, 5) is 16.3. The molecule has 0 bridgehead atoms. The van der Waals surface area contributed by atoms with Crippen molar-refractivity contribution < 1.29 is 23.1 Å². The van der Waals surface area contributed by atoms with Crippen LogP contribution in [0.25, 0.3) is 16.8 Å². The number of aliphatic hydroxyl groups is 1. The first-order chi connectivity index (χ1) is 16.1. The molecule has 2 heterocycles. The number of halogens is 4. The van der Waals surface area contributed by atoms with Gasteiger partial charge in [0.1, 0.15) is 11.8 Å². The molecule has 0 saturated carbocycles. The van der Waals surface area contributed by atoms with Crippen LogP contribution in [0.5, 0.6) is 0 Å². The van der Waals surface area contributed by atoms with Gasteiger partial charge in [-0.2, -0.15) is 18.3 Å². The highest BCUT2D eigenvalue weighted by molar-refractivity contribution is 6.30. The van der Waals surface area contributed by atoms with E-state index in [4.69, 9.17) is 17.3 Å². The number of amides is 1. The molecule has 0 spiro atoms. The number of carbonyl (C=O) groups is 1. The summed E-state index contributed by atoms with van der Waals surface area (Å²) in [5.41, 5.74) is 5.74. The van der Waals surface area contributed by atoms with Crippen molar-refractivity contribution in [3.05, 3.63) is 82.6 Å². The minimum Gasteiger partial charge on any atom is -0.388 e. The van der Waals surface area contributed by atoms with Crippen LogP contribution in [-0.4, -0.2) is 32.2 Å². The van der Waals surface area contributed by atoms with Gasteiger partial charge in [-0.05, 0) is 42.3 Å². The number of rotatable bonds is 6. The zero-order valence-electron chi connectivity index (χ0n) is 17.6. The molecule has 1 atom stereocenters. The number of anilines is 1. The lowest BCUT2D eigenvalue weighted by molar-refractivity contribution is -0.136. The van der Waals surface area contributed by atoms with Gasteiger partial charge in [0.25, 0.3) is 5.91 Å². The Balaban J connectivity index is 1.53. The fraction of sp³-hybridized carbons (Fsp3) is 0.174. The molecule has 4 rings (SSSR count). The number of benzene rings is 2. The smallest absolute Gasteiger partial charge is 0.388 e. The Labute approximate surface area is 197 Å². The zero-order valence-corrected chi connectivity index (χ0v) is 18.3. The standard InChI is InChI=1S/C23H19ClF3N5O2/c24-16-6-4-13(5-7-16)19(33)8-9-29-22(34)15-3-1-2-14(10-15)18-11-17(23(25,26)27)20-21(28)30-12-31-32(18)20/h1-7,10-12,19,33H,8-9H2,(H,29,34)(H2,28,30,31). The lowest BCUT2D eigenvalue weighted by atomic mass is 10.1. The Hall–Kier alpha value is -3.63. The zero-order chi connectivity index (χ0) is 24.5. The van der Waals surface area contributed by atoms with Crippen molar-refractivity contribution in [2.45, 2.75) is 18.7 Å². The quantitative estimate of drug-likeness (QED) is 0.370. The minimum atomic E-state index is -4.66. The Morgan fingerprint density at radius 1 is 1.18 bits per heavy atom. The first-order valence-corrected chi connectivity index (χ1v) is 10.5. The Bertz CT molecular complexity index is 1340. The van der Waals surface area contributed by atoms with Crippen molar-refractivity contribution in [1.29, 1.82) is 0 Å². The van der Waals surface area contributed by atoms with Crippen LogP contribution in [0.2, 0.25) is 5.02 Å². The number of fused-ring (bicyclic) bond motifs is 1. The number of carbonyl (C=O) groups excluding carboxylic acids is 1. The van der Waals surface area contributed by atoms with E-state index in [0.29, 0.717) is 16.1 Å². The molecule has 0 saturated heterocycles. The van der Waals surface area contributed by atoms with Crippen LogP contribution in [0, 0.1) is 0 Å². The van der Waals surface area contributed by atoms with Gasteiger partial charge in [-0.15, -0.1) is 0 Å². The molecule has 7 nitrogen and oxygen atoms in total. The molecular formula is C23H19ClF3N5O2. The molecule has 1 unspecified atom stereocenters. The maximum Gasteiger partial charge on any atom is 0.418 e. The van der Waals surface area contributed by atoms with Gasteiger partial charge >= 0.3 is 6.18 Å². The Morgan fingerprint density at radius 3 is 2.62 bits per heavy atom. The number of alkyl halides is 3. The second-order valence-electron chi connectivity index (χ2n) is 7.54. The van der Waals surface area contributed by atoms with Crippen LogP contribution in [0.3, 0.4) is 0 Å². The third-order valence-electron chi connectivity index (χ3n) is 5.27. The molecule has 2 aromatic heterocycles. The maximum atomic E-state index is 13.6. The summed E-state index contributed by atoms with van der Waals surface area (Å²) in [6.45, 7) is 0.183. The molecule has 1 amide bonds. The summed E-state index contributed by atoms with van der Waals surface area (Å²) in [5, 5.41) is 17.4. The van der Waals surface area contributed by atoms with Gasteiger partial charge in [0.05, 0.1) is 17.4 Å². The SMILES string of the molecule is Nc1ncnn2c(-c3cccc(C(=O)NCCC(O)c4ccc(Cl)cc4)c3)cc(C(F)(F)F)c12. The Morgan fingerprint density at radius 2 is 1.91 bits per heavy atom. The molecule has 11 heteroatoms.